The molecule has 4 fully saturated rings. The van der Waals surface area contributed by atoms with Gasteiger partial charge in [-0.05, 0) is 55.8 Å². The summed E-state index contributed by atoms with van der Waals surface area (Å²) in [7, 11) is 0. The Hall–Kier alpha value is -0.570. The quantitative estimate of drug-likeness (QED) is 0.826. The van der Waals surface area contributed by atoms with Crippen LogP contribution >= 0.6 is 0 Å². The van der Waals surface area contributed by atoms with Gasteiger partial charge in [0.2, 0.25) is 5.91 Å². The second kappa shape index (κ2) is 4.76. The van der Waals surface area contributed by atoms with Gasteiger partial charge < -0.3 is 10.2 Å². The molecule has 4 aliphatic rings. The summed E-state index contributed by atoms with van der Waals surface area (Å²) in [5.74, 6) is 3.77. The lowest BCUT2D eigenvalue weighted by Gasteiger charge is -2.38. The maximum absolute atomic E-state index is 12.7. The lowest BCUT2D eigenvalue weighted by atomic mass is 9.85. The Labute approximate surface area is 116 Å². The third-order valence-corrected chi connectivity index (χ3v) is 6.32. The number of carbonyl (C=O) groups excluding carboxylic acids is 1. The number of likely N-dealkylation sites (tertiary alicyclic amines) is 1. The molecule has 0 aromatic rings. The molecule has 0 aromatic heterocycles. The second-order valence-corrected chi connectivity index (χ2v) is 7.35. The minimum absolute atomic E-state index is 0.468. The molecule has 3 nitrogen and oxygen atoms in total. The molecular weight excluding hydrogens is 236 g/mol. The highest BCUT2D eigenvalue weighted by molar-refractivity contribution is 5.77. The van der Waals surface area contributed by atoms with E-state index in [0.29, 0.717) is 11.9 Å². The first kappa shape index (κ1) is 12.2. The SMILES string of the molecule is O=C(CC1CC2CCC1C2)N1CCCC2CNCC21. The molecule has 19 heavy (non-hydrogen) atoms. The highest BCUT2D eigenvalue weighted by Gasteiger charge is 2.42. The van der Waals surface area contributed by atoms with Gasteiger partial charge in [0.25, 0.3) is 0 Å². The lowest BCUT2D eigenvalue weighted by molar-refractivity contribution is -0.136. The van der Waals surface area contributed by atoms with E-state index >= 15 is 0 Å². The Kier molecular flexibility index (Phi) is 3.06. The summed E-state index contributed by atoms with van der Waals surface area (Å²) in [6, 6.07) is 0.514. The lowest BCUT2D eigenvalue weighted by Crippen LogP contribution is -2.48. The maximum Gasteiger partial charge on any atom is 0.223 e. The highest BCUT2D eigenvalue weighted by Crippen LogP contribution is 2.49. The molecule has 2 saturated heterocycles. The number of rotatable bonds is 2. The molecule has 2 aliphatic heterocycles. The van der Waals surface area contributed by atoms with Gasteiger partial charge in [-0.2, -0.15) is 0 Å². The second-order valence-electron chi connectivity index (χ2n) is 7.35. The third kappa shape index (κ3) is 2.10. The van der Waals surface area contributed by atoms with Crippen molar-refractivity contribution < 1.29 is 4.79 Å². The Bertz CT molecular complexity index is 370. The molecule has 106 valence electrons. The van der Waals surface area contributed by atoms with Gasteiger partial charge in [0.15, 0.2) is 0 Å². The molecule has 3 heteroatoms. The van der Waals surface area contributed by atoms with Crippen LogP contribution in [0.2, 0.25) is 0 Å². The largest absolute Gasteiger partial charge is 0.338 e. The summed E-state index contributed by atoms with van der Waals surface area (Å²) in [6.07, 6.45) is 8.98. The Morgan fingerprint density at radius 1 is 1.11 bits per heavy atom. The molecule has 0 spiro atoms. The first-order chi connectivity index (χ1) is 9.31. The normalized spacial score (nSPS) is 44.6. The highest BCUT2D eigenvalue weighted by atomic mass is 16.2. The van der Waals surface area contributed by atoms with Crippen LogP contribution in [0.5, 0.6) is 0 Å². The first-order valence-corrected chi connectivity index (χ1v) is 8.31. The summed E-state index contributed by atoms with van der Waals surface area (Å²) >= 11 is 0. The zero-order valence-corrected chi connectivity index (χ0v) is 11.8. The molecule has 0 aromatic carbocycles. The van der Waals surface area contributed by atoms with Gasteiger partial charge in [-0.15, -0.1) is 0 Å². The van der Waals surface area contributed by atoms with Crippen LogP contribution in [0.25, 0.3) is 0 Å². The molecule has 2 aliphatic carbocycles. The van der Waals surface area contributed by atoms with Gasteiger partial charge in [0.1, 0.15) is 0 Å². The zero-order valence-electron chi connectivity index (χ0n) is 11.8. The van der Waals surface area contributed by atoms with Crippen molar-refractivity contribution in [3.8, 4) is 0 Å². The van der Waals surface area contributed by atoms with E-state index in [4.69, 9.17) is 0 Å². The van der Waals surface area contributed by atoms with Crippen molar-refractivity contribution in [2.45, 2.75) is 51.0 Å². The van der Waals surface area contributed by atoms with Gasteiger partial charge in [-0.3, -0.25) is 4.79 Å². The summed E-state index contributed by atoms with van der Waals surface area (Å²) < 4.78 is 0. The monoisotopic (exact) mass is 262 g/mol. The molecule has 2 bridgehead atoms. The number of fused-ring (bicyclic) bond motifs is 3. The predicted molar refractivity (Wildman–Crippen MR) is 74.6 cm³/mol. The number of amides is 1. The maximum atomic E-state index is 12.7. The van der Waals surface area contributed by atoms with E-state index in [1.807, 2.05) is 0 Å². The minimum atomic E-state index is 0.468. The van der Waals surface area contributed by atoms with Crippen molar-refractivity contribution in [2.75, 3.05) is 19.6 Å². The van der Waals surface area contributed by atoms with E-state index in [0.717, 1.165) is 49.7 Å². The summed E-state index contributed by atoms with van der Waals surface area (Å²) in [4.78, 5) is 14.9. The number of nitrogens with one attached hydrogen (secondary N) is 1. The molecular formula is C16H26N2O. The molecule has 4 rings (SSSR count). The number of carbonyl (C=O) groups is 1. The molecule has 5 unspecified atom stereocenters. The van der Waals surface area contributed by atoms with Crippen LogP contribution < -0.4 is 5.32 Å². The van der Waals surface area contributed by atoms with Crippen molar-refractivity contribution in [1.29, 1.82) is 0 Å². The van der Waals surface area contributed by atoms with Gasteiger partial charge in [-0.1, -0.05) is 6.42 Å². The fourth-order valence-electron chi connectivity index (χ4n) is 5.35. The van der Waals surface area contributed by atoms with Crippen LogP contribution in [0.1, 0.15) is 44.9 Å². The number of nitrogens with zero attached hydrogens (tertiary/aromatic N) is 1. The average molecular weight is 262 g/mol. The predicted octanol–water partition coefficient (Wildman–Crippen LogP) is 2.02. The Morgan fingerprint density at radius 3 is 2.84 bits per heavy atom. The van der Waals surface area contributed by atoms with Crippen LogP contribution in [0.15, 0.2) is 0 Å². The minimum Gasteiger partial charge on any atom is -0.338 e. The van der Waals surface area contributed by atoms with Crippen molar-refractivity contribution in [3.63, 3.8) is 0 Å². The van der Waals surface area contributed by atoms with Crippen LogP contribution in [-0.2, 0) is 4.79 Å². The van der Waals surface area contributed by atoms with E-state index in [1.165, 1.54) is 38.5 Å². The van der Waals surface area contributed by atoms with Gasteiger partial charge in [0, 0.05) is 32.1 Å². The summed E-state index contributed by atoms with van der Waals surface area (Å²) in [5, 5.41) is 3.48. The van der Waals surface area contributed by atoms with Crippen molar-refractivity contribution in [3.05, 3.63) is 0 Å². The van der Waals surface area contributed by atoms with Crippen LogP contribution in [0, 0.1) is 23.7 Å². The van der Waals surface area contributed by atoms with Crippen LogP contribution in [-0.4, -0.2) is 36.5 Å². The fourth-order valence-corrected chi connectivity index (χ4v) is 5.35. The van der Waals surface area contributed by atoms with Gasteiger partial charge >= 0.3 is 0 Å². The molecule has 5 atom stereocenters. The van der Waals surface area contributed by atoms with E-state index in [1.54, 1.807) is 0 Å². The van der Waals surface area contributed by atoms with Crippen molar-refractivity contribution in [1.82, 2.24) is 10.2 Å². The van der Waals surface area contributed by atoms with E-state index in [-0.39, 0.29) is 0 Å². The van der Waals surface area contributed by atoms with E-state index in [2.05, 4.69) is 10.2 Å². The topological polar surface area (TPSA) is 32.3 Å². The van der Waals surface area contributed by atoms with Gasteiger partial charge in [0.05, 0.1) is 0 Å². The standard InChI is InChI=1S/C16H26N2O/c19-16(8-14-7-11-3-4-12(14)6-11)18-5-1-2-13-9-17-10-15(13)18/h11-15,17H,1-10H2. The third-order valence-electron chi connectivity index (χ3n) is 6.32. The molecule has 1 N–H and O–H groups in total. The summed E-state index contributed by atoms with van der Waals surface area (Å²) in [6.45, 7) is 3.18. The van der Waals surface area contributed by atoms with Crippen molar-refractivity contribution in [2.24, 2.45) is 23.7 Å². The van der Waals surface area contributed by atoms with Crippen molar-refractivity contribution >= 4 is 5.91 Å². The van der Waals surface area contributed by atoms with Crippen LogP contribution in [0.3, 0.4) is 0 Å². The zero-order chi connectivity index (χ0) is 12.8. The number of hydrogen-bond acceptors (Lipinski definition) is 2. The first-order valence-electron chi connectivity index (χ1n) is 8.31. The molecule has 1 amide bonds. The summed E-state index contributed by atoms with van der Waals surface area (Å²) in [5.41, 5.74) is 0. The average Bonchev–Trinajstić information content (AvgIpc) is 3.13. The van der Waals surface area contributed by atoms with E-state index < -0.39 is 0 Å². The number of piperidine rings is 1. The van der Waals surface area contributed by atoms with Crippen LogP contribution in [0.4, 0.5) is 0 Å². The van der Waals surface area contributed by atoms with E-state index in [9.17, 15) is 4.79 Å². The Morgan fingerprint density at radius 2 is 2.05 bits per heavy atom. The molecule has 0 radical (unpaired) electrons. The Balaban J connectivity index is 1.40. The number of hydrogen-bond donors (Lipinski definition) is 1. The molecule has 2 saturated carbocycles. The molecule has 2 heterocycles. The fraction of sp³-hybridized carbons (Fsp3) is 0.938. The van der Waals surface area contributed by atoms with Gasteiger partial charge in [-0.25, -0.2) is 0 Å². The smallest absolute Gasteiger partial charge is 0.223 e.